The highest BCUT2D eigenvalue weighted by atomic mass is 16.5. The number of aromatic nitrogens is 2. The van der Waals surface area contributed by atoms with Crippen LogP contribution in [0.15, 0.2) is 46.8 Å². The predicted octanol–water partition coefficient (Wildman–Crippen LogP) is 1.71. The van der Waals surface area contributed by atoms with E-state index < -0.39 is 0 Å². The van der Waals surface area contributed by atoms with Crippen LogP contribution in [0.25, 0.3) is 0 Å². The summed E-state index contributed by atoms with van der Waals surface area (Å²) in [5, 5.41) is 4.06. The lowest BCUT2D eigenvalue weighted by Crippen LogP contribution is -2.27. The molecule has 0 bridgehead atoms. The smallest absolute Gasteiger partial charge is 0.222 e. The van der Waals surface area contributed by atoms with Gasteiger partial charge in [-0.15, -0.1) is 0 Å². The Labute approximate surface area is 146 Å². The third-order valence-electron chi connectivity index (χ3n) is 3.02. The number of hydrogen-bond acceptors (Lipinski definition) is 6. The number of rotatable bonds is 8. The fourth-order valence-corrected chi connectivity index (χ4v) is 1.94. The van der Waals surface area contributed by atoms with Gasteiger partial charge in [0.25, 0.3) is 0 Å². The van der Waals surface area contributed by atoms with Crippen LogP contribution in [0.5, 0.6) is 11.8 Å². The van der Waals surface area contributed by atoms with Gasteiger partial charge in [-0.3, -0.25) is 0 Å². The second kappa shape index (κ2) is 9.86. The highest BCUT2D eigenvalue weighted by molar-refractivity contribution is 5.84. The van der Waals surface area contributed by atoms with Gasteiger partial charge in [0.05, 0.1) is 31.5 Å². The Morgan fingerprint density at radius 3 is 2.56 bits per heavy atom. The summed E-state index contributed by atoms with van der Waals surface area (Å²) < 4.78 is 10.9. The summed E-state index contributed by atoms with van der Waals surface area (Å²) in [5.74, 6) is 1.26. The van der Waals surface area contributed by atoms with Crippen LogP contribution in [0.3, 0.4) is 0 Å². The second-order valence-electron chi connectivity index (χ2n) is 4.80. The molecule has 0 spiro atoms. The molecule has 2 rings (SSSR count). The van der Waals surface area contributed by atoms with Crippen LogP contribution in [0.4, 0.5) is 0 Å². The first-order valence-corrected chi connectivity index (χ1v) is 7.98. The molecule has 132 valence electrons. The van der Waals surface area contributed by atoms with Crippen LogP contribution in [-0.2, 0) is 6.54 Å². The largest absolute Gasteiger partial charge is 0.478 e. The molecule has 3 N–H and O–H groups in total. The quantitative estimate of drug-likeness (QED) is 0.430. The summed E-state index contributed by atoms with van der Waals surface area (Å²) in [7, 11) is 0. The molecule has 0 atom stereocenters. The van der Waals surface area contributed by atoms with Gasteiger partial charge in [0.2, 0.25) is 17.7 Å². The average molecular weight is 342 g/mol. The Balaban J connectivity index is 1.96. The second-order valence-corrected chi connectivity index (χ2v) is 4.80. The minimum Gasteiger partial charge on any atom is -0.478 e. The molecular weight excluding hydrogens is 320 g/mol. The van der Waals surface area contributed by atoms with Gasteiger partial charge in [-0.2, -0.15) is 5.10 Å². The molecule has 0 aliphatic carbocycles. The molecule has 0 fully saturated rings. The predicted molar refractivity (Wildman–Crippen MR) is 96.9 cm³/mol. The van der Waals surface area contributed by atoms with Crippen LogP contribution >= 0.6 is 0 Å². The van der Waals surface area contributed by atoms with E-state index in [-0.39, 0.29) is 5.96 Å². The van der Waals surface area contributed by atoms with Gasteiger partial charge in [-0.25, -0.2) is 20.4 Å². The molecule has 0 aliphatic rings. The van der Waals surface area contributed by atoms with E-state index in [4.69, 9.17) is 15.2 Å². The summed E-state index contributed by atoms with van der Waals surface area (Å²) in [4.78, 5) is 12.5. The van der Waals surface area contributed by atoms with Crippen molar-refractivity contribution in [2.45, 2.75) is 20.4 Å². The lowest BCUT2D eigenvalue weighted by atomic mass is 10.3. The highest BCUT2D eigenvalue weighted by Gasteiger charge is 2.03. The topological polar surface area (TPSA) is 107 Å². The van der Waals surface area contributed by atoms with E-state index in [1.54, 1.807) is 24.7 Å². The zero-order valence-corrected chi connectivity index (χ0v) is 14.3. The van der Waals surface area contributed by atoms with Gasteiger partial charge in [0, 0.05) is 18.0 Å². The van der Waals surface area contributed by atoms with Crippen LogP contribution in [0.2, 0.25) is 0 Å². The summed E-state index contributed by atoms with van der Waals surface area (Å²) in [5.41, 5.74) is 10.1. The first-order chi connectivity index (χ1) is 12.2. The van der Waals surface area contributed by atoms with Crippen molar-refractivity contribution in [2.24, 2.45) is 15.8 Å². The van der Waals surface area contributed by atoms with E-state index in [2.05, 4.69) is 25.5 Å². The van der Waals surface area contributed by atoms with Crippen LogP contribution in [0.1, 0.15) is 25.0 Å². The summed E-state index contributed by atoms with van der Waals surface area (Å²) in [6, 6.07) is 7.37. The fourth-order valence-electron chi connectivity index (χ4n) is 1.94. The summed E-state index contributed by atoms with van der Waals surface area (Å²) in [6.07, 6.45) is 4.92. The number of aliphatic imine (C=N–C) groups is 1. The summed E-state index contributed by atoms with van der Waals surface area (Å²) >= 11 is 0. The van der Waals surface area contributed by atoms with Gasteiger partial charge in [-0.05, 0) is 32.0 Å². The van der Waals surface area contributed by atoms with E-state index in [0.29, 0.717) is 31.5 Å². The van der Waals surface area contributed by atoms with E-state index in [9.17, 15) is 0 Å². The number of hydrogen-bond donors (Lipinski definition) is 2. The van der Waals surface area contributed by atoms with E-state index in [1.807, 2.05) is 32.0 Å². The third kappa shape index (κ3) is 5.76. The van der Waals surface area contributed by atoms with Gasteiger partial charge in [0.15, 0.2) is 0 Å². The normalized spacial score (nSPS) is 11.5. The van der Waals surface area contributed by atoms with Crippen molar-refractivity contribution in [1.82, 2.24) is 15.4 Å². The Kier molecular flexibility index (Phi) is 7.17. The molecule has 0 unspecified atom stereocenters. The maximum atomic E-state index is 5.82. The maximum absolute atomic E-state index is 5.82. The van der Waals surface area contributed by atoms with E-state index >= 15 is 0 Å². The van der Waals surface area contributed by atoms with Crippen LogP contribution in [0, 0.1) is 0 Å². The molecule has 0 radical (unpaired) electrons. The van der Waals surface area contributed by atoms with Crippen molar-refractivity contribution in [2.75, 3.05) is 13.2 Å². The first-order valence-electron chi connectivity index (χ1n) is 7.98. The van der Waals surface area contributed by atoms with E-state index in [1.165, 1.54) is 0 Å². The van der Waals surface area contributed by atoms with Crippen LogP contribution < -0.4 is 20.6 Å². The molecule has 8 nitrogen and oxygen atoms in total. The molecule has 0 amide bonds. The first kappa shape index (κ1) is 18.2. The van der Waals surface area contributed by atoms with Gasteiger partial charge in [-0.1, -0.05) is 6.07 Å². The monoisotopic (exact) mass is 342 g/mol. The van der Waals surface area contributed by atoms with Crippen LogP contribution in [-0.4, -0.2) is 35.4 Å². The SMILES string of the molecule is CCOc1ncccc1C=NNC(N)=NCc1cccnc1OCC. The van der Waals surface area contributed by atoms with Crippen molar-refractivity contribution in [3.05, 3.63) is 47.8 Å². The molecule has 0 saturated heterocycles. The van der Waals surface area contributed by atoms with Gasteiger partial charge in [0.1, 0.15) is 0 Å². The Hall–Kier alpha value is -3.16. The van der Waals surface area contributed by atoms with Crippen molar-refractivity contribution in [3.8, 4) is 11.8 Å². The zero-order chi connectivity index (χ0) is 17.9. The van der Waals surface area contributed by atoms with Crippen molar-refractivity contribution in [1.29, 1.82) is 0 Å². The molecular formula is C17H22N6O2. The number of ether oxygens (including phenoxy) is 2. The molecule has 2 aromatic rings. The van der Waals surface area contributed by atoms with Gasteiger partial charge < -0.3 is 15.2 Å². The molecule has 25 heavy (non-hydrogen) atoms. The van der Waals surface area contributed by atoms with Crippen molar-refractivity contribution < 1.29 is 9.47 Å². The fraction of sp³-hybridized carbons (Fsp3) is 0.294. The number of guanidine groups is 1. The number of pyridine rings is 2. The molecule has 2 aromatic heterocycles. The Morgan fingerprint density at radius 2 is 1.80 bits per heavy atom. The van der Waals surface area contributed by atoms with Gasteiger partial charge >= 0.3 is 0 Å². The molecule has 0 saturated carbocycles. The minimum atomic E-state index is 0.185. The number of nitrogens with two attached hydrogens (primary N) is 1. The van der Waals surface area contributed by atoms with Crippen molar-refractivity contribution >= 4 is 12.2 Å². The molecule has 2 heterocycles. The number of hydrazone groups is 1. The highest BCUT2D eigenvalue weighted by Crippen LogP contribution is 2.15. The molecule has 0 aliphatic heterocycles. The zero-order valence-electron chi connectivity index (χ0n) is 14.3. The van der Waals surface area contributed by atoms with E-state index in [0.717, 1.165) is 11.1 Å². The minimum absolute atomic E-state index is 0.185. The number of nitrogens with zero attached hydrogens (tertiary/aromatic N) is 4. The van der Waals surface area contributed by atoms with Crippen molar-refractivity contribution in [3.63, 3.8) is 0 Å². The Morgan fingerprint density at radius 1 is 1.12 bits per heavy atom. The Bertz CT molecular complexity index is 733. The lowest BCUT2D eigenvalue weighted by Gasteiger charge is -2.07. The third-order valence-corrected chi connectivity index (χ3v) is 3.02. The average Bonchev–Trinajstić information content (AvgIpc) is 2.63. The summed E-state index contributed by atoms with van der Waals surface area (Å²) in [6.45, 7) is 5.21. The number of nitrogens with one attached hydrogen (secondary N) is 1. The molecule has 0 aromatic carbocycles. The molecule has 8 heteroatoms. The maximum Gasteiger partial charge on any atom is 0.222 e. The standard InChI is InChI=1S/C17H22N6O2/c1-3-24-15-13(7-5-9-19-15)11-21-17(18)23-22-12-14-8-6-10-20-16(14)25-4-2/h5-10,12H,3-4,11H2,1-2H3,(H3,18,21,23). The lowest BCUT2D eigenvalue weighted by molar-refractivity contribution is 0.323.